The summed E-state index contributed by atoms with van der Waals surface area (Å²) in [4.78, 5) is 37.3. The third-order valence-electron chi connectivity index (χ3n) is 9.29. The molecule has 0 saturated heterocycles. The van der Waals surface area contributed by atoms with Gasteiger partial charge in [0.05, 0.1) is 43.7 Å². The van der Waals surface area contributed by atoms with Crippen LogP contribution in [0.4, 0.5) is 0 Å². The number of unbranched alkanes of at least 4 members (excludes halogenated alkanes) is 14. The Hall–Kier alpha value is -1.47. The van der Waals surface area contributed by atoms with Crippen LogP contribution in [0.1, 0.15) is 189 Å². The molecular weight excluding hydrogens is 604 g/mol. The van der Waals surface area contributed by atoms with E-state index in [1.807, 2.05) is 6.92 Å². The molecule has 0 heterocycles. The van der Waals surface area contributed by atoms with Gasteiger partial charge in [-0.3, -0.25) is 9.59 Å². The van der Waals surface area contributed by atoms with Gasteiger partial charge in [0.1, 0.15) is 6.29 Å². The van der Waals surface area contributed by atoms with E-state index in [1.165, 1.54) is 77.0 Å². The first-order valence-electron chi connectivity index (χ1n) is 20.3. The third-order valence-corrected chi connectivity index (χ3v) is 9.29. The number of hydrogen-bond donors (Lipinski definition) is 0. The van der Waals surface area contributed by atoms with Gasteiger partial charge in [-0.25, -0.2) is 0 Å². The minimum atomic E-state index is -0.704. The molecule has 0 unspecified atom stereocenters. The Morgan fingerprint density at radius 2 is 0.792 bits per heavy atom. The van der Waals surface area contributed by atoms with E-state index >= 15 is 0 Å². The minimum Gasteiger partial charge on any atom is -0.465 e. The lowest BCUT2D eigenvalue weighted by atomic mass is 9.94. The molecule has 0 atom stereocenters. The fourth-order valence-electron chi connectivity index (χ4n) is 5.94. The van der Waals surface area contributed by atoms with Crippen LogP contribution in [0, 0.1) is 17.3 Å². The van der Waals surface area contributed by atoms with E-state index < -0.39 is 5.41 Å². The maximum atomic E-state index is 12.7. The van der Waals surface area contributed by atoms with Crippen LogP contribution in [-0.4, -0.2) is 57.9 Å². The first kappa shape index (κ1) is 46.5. The topological polar surface area (TPSA) is 88.1 Å². The summed E-state index contributed by atoms with van der Waals surface area (Å²) in [6.45, 7) is 13.1. The second-order valence-electron chi connectivity index (χ2n) is 14.4. The monoisotopic (exact) mass is 683 g/mol. The van der Waals surface area contributed by atoms with Crippen molar-refractivity contribution in [2.45, 2.75) is 189 Å². The number of ether oxygens (including phenoxy) is 4. The number of hydrogen-bond acceptors (Lipinski definition) is 7. The van der Waals surface area contributed by atoms with Gasteiger partial charge in [0.2, 0.25) is 0 Å². The van der Waals surface area contributed by atoms with Gasteiger partial charge >= 0.3 is 11.9 Å². The highest BCUT2D eigenvalue weighted by molar-refractivity contribution is 5.72. The molecule has 0 bridgehead atoms. The second kappa shape index (κ2) is 34.0. The van der Waals surface area contributed by atoms with Crippen molar-refractivity contribution in [3.63, 3.8) is 0 Å². The quantitative estimate of drug-likeness (QED) is 0.0366. The predicted molar refractivity (Wildman–Crippen MR) is 198 cm³/mol. The molecule has 0 radical (unpaired) electrons. The lowest BCUT2D eigenvalue weighted by Crippen LogP contribution is -2.31. The molecule has 0 fully saturated rings. The minimum absolute atomic E-state index is 0.0286. The fourth-order valence-corrected chi connectivity index (χ4v) is 5.94. The van der Waals surface area contributed by atoms with Crippen molar-refractivity contribution in [2.75, 3.05) is 39.6 Å². The fraction of sp³-hybridized carbons (Fsp3) is 0.927. The summed E-state index contributed by atoms with van der Waals surface area (Å²) >= 11 is 0. The van der Waals surface area contributed by atoms with Crippen LogP contribution in [0.3, 0.4) is 0 Å². The van der Waals surface area contributed by atoms with Crippen LogP contribution in [0.2, 0.25) is 0 Å². The number of aldehydes is 1. The Kier molecular flexibility index (Phi) is 33.0. The lowest BCUT2D eigenvalue weighted by molar-refractivity contribution is -0.150. The Balaban J connectivity index is 4.18. The van der Waals surface area contributed by atoms with Crippen LogP contribution in [0.5, 0.6) is 0 Å². The van der Waals surface area contributed by atoms with Crippen molar-refractivity contribution in [2.24, 2.45) is 17.3 Å². The Bertz CT molecular complexity index is 662. The Labute approximate surface area is 296 Å². The lowest BCUT2D eigenvalue weighted by Gasteiger charge is -2.23. The van der Waals surface area contributed by atoms with Gasteiger partial charge in [0.25, 0.3) is 0 Å². The normalized spacial score (nSPS) is 11.8. The highest BCUT2D eigenvalue weighted by Gasteiger charge is 2.25. The van der Waals surface area contributed by atoms with E-state index in [-0.39, 0.29) is 23.8 Å². The van der Waals surface area contributed by atoms with E-state index in [4.69, 9.17) is 18.9 Å². The number of rotatable bonds is 37. The summed E-state index contributed by atoms with van der Waals surface area (Å²) in [5.41, 5.74) is -0.704. The molecule has 0 rings (SSSR count). The summed E-state index contributed by atoms with van der Waals surface area (Å²) < 4.78 is 22.9. The van der Waals surface area contributed by atoms with Crippen LogP contribution in [0.15, 0.2) is 0 Å². The van der Waals surface area contributed by atoms with Gasteiger partial charge in [-0.1, -0.05) is 130 Å². The molecule has 0 amide bonds. The Morgan fingerprint density at radius 3 is 1.08 bits per heavy atom. The van der Waals surface area contributed by atoms with E-state index in [1.54, 1.807) is 0 Å². The molecule has 0 aliphatic heterocycles. The number of carbonyl (C=O) groups is 3. The van der Waals surface area contributed by atoms with E-state index in [9.17, 15) is 14.4 Å². The molecule has 0 N–H and O–H groups in total. The molecule has 0 aliphatic carbocycles. The zero-order valence-electron chi connectivity index (χ0n) is 32.3. The molecule has 0 saturated carbocycles. The molecule has 0 aromatic rings. The second-order valence-corrected chi connectivity index (χ2v) is 14.4. The van der Waals surface area contributed by atoms with Crippen molar-refractivity contribution in [1.82, 2.24) is 0 Å². The average Bonchev–Trinajstić information content (AvgIpc) is 3.09. The summed E-state index contributed by atoms with van der Waals surface area (Å²) in [5, 5.41) is 0. The molecule has 0 spiro atoms. The van der Waals surface area contributed by atoms with Crippen molar-refractivity contribution in [3.05, 3.63) is 0 Å². The summed E-state index contributed by atoms with van der Waals surface area (Å²) in [5.74, 6) is -0.0122. The molecule has 48 heavy (non-hydrogen) atoms. The molecule has 284 valence electrons. The van der Waals surface area contributed by atoms with E-state index in [0.29, 0.717) is 39.6 Å². The van der Waals surface area contributed by atoms with Crippen LogP contribution < -0.4 is 0 Å². The third kappa shape index (κ3) is 27.4. The van der Waals surface area contributed by atoms with Gasteiger partial charge in [-0.15, -0.1) is 0 Å². The van der Waals surface area contributed by atoms with Gasteiger partial charge in [-0.2, -0.15) is 0 Å². The van der Waals surface area contributed by atoms with Crippen molar-refractivity contribution >= 4 is 18.2 Å². The van der Waals surface area contributed by atoms with Gasteiger partial charge in [-0.05, 0) is 58.3 Å². The summed E-state index contributed by atoms with van der Waals surface area (Å²) in [6, 6.07) is 0. The molecular formula is C41H78O7. The van der Waals surface area contributed by atoms with Crippen molar-refractivity contribution in [1.29, 1.82) is 0 Å². The van der Waals surface area contributed by atoms with Gasteiger partial charge in [0, 0.05) is 13.2 Å². The maximum Gasteiger partial charge on any atom is 0.308 e. The zero-order chi connectivity index (χ0) is 35.6. The van der Waals surface area contributed by atoms with Gasteiger partial charge in [0.15, 0.2) is 0 Å². The van der Waals surface area contributed by atoms with Crippen LogP contribution in [-0.2, 0) is 33.3 Å². The van der Waals surface area contributed by atoms with Crippen LogP contribution in [0.25, 0.3) is 0 Å². The maximum absolute atomic E-state index is 12.7. The zero-order valence-corrected chi connectivity index (χ0v) is 32.3. The highest BCUT2D eigenvalue weighted by atomic mass is 16.5. The number of carbonyl (C=O) groups excluding carboxylic acids is 3. The van der Waals surface area contributed by atoms with Crippen LogP contribution >= 0.6 is 0 Å². The van der Waals surface area contributed by atoms with Crippen molar-refractivity contribution in [3.8, 4) is 0 Å². The Morgan fingerprint density at radius 1 is 0.479 bits per heavy atom. The highest BCUT2D eigenvalue weighted by Crippen LogP contribution is 2.22. The average molecular weight is 683 g/mol. The van der Waals surface area contributed by atoms with Crippen molar-refractivity contribution < 1.29 is 33.3 Å². The van der Waals surface area contributed by atoms with E-state index in [2.05, 4.69) is 27.7 Å². The van der Waals surface area contributed by atoms with E-state index in [0.717, 1.165) is 83.3 Å². The summed E-state index contributed by atoms with van der Waals surface area (Å²) in [7, 11) is 0. The molecule has 0 aromatic heterocycles. The van der Waals surface area contributed by atoms with Gasteiger partial charge < -0.3 is 23.7 Å². The number of esters is 2. The smallest absolute Gasteiger partial charge is 0.308 e. The molecule has 7 nitrogen and oxygen atoms in total. The molecule has 0 aromatic carbocycles. The molecule has 0 aliphatic rings. The first-order chi connectivity index (χ1) is 23.4. The standard InChI is InChI=1S/C41H78O7/c1-6-10-14-18-26-37(27-19-15-11-7-2)39(43)47-32-24-22-30-45-35-41(5,34-42)36-46-31-23-25-33-48-40(44)38(28-20-16-12-8-3)29-21-17-13-9-4/h34,37-38H,6-33,35-36H2,1-5H3. The predicted octanol–water partition coefficient (Wildman–Crippen LogP) is 11.0. The SMILES string of the molecule is CCCCCCC(CCCCCC)C(=O)OCCCCOCC(C)(C=O)COCCCCOC(=O)C(CCCCCC)CCCCCC. The molecule has 7 heteroatoms. The summed E-state index contributed by atoms with van der Waals surface area (Å²) in [6.07, 6.45) is 26.6. The first-order valence-corrected chi connectivity index (χ1v) is 20.3. The largest absolute Gasteiger partial charge is 0.465 e.